The number of likely N-dealkylation sites (tertiary alicyclic amines) is 1. The summed E-state index contributed by atoms with van der Waals surface area (Å²) in [6, 6.07) is 15.1. The van der Waals surface area contributed by atoms with Crippen molar-refractivity contribution in [1.82, 2.24) is 10.2 Å². The fourth-order valence-electron chi connectivity index (χ4n) is 7.23. The molecule has 1 spiro atoms. The summed E-state index contributed by atoms with van der Waals surface area (Å²) in [4.78, 5) is 58.5. The minimum atomic E-state index is -1.25. The molecule has 2 aromatic rings. The van der Waals surface area contributed by atoms with E-state index in [0.29, 0.717) is 48.4 Å². The maximum absolute atomic E-state index is 14.6. The van der Waals surface area contributed by atoms with Crippen LogP contribution in [0.4, 0.5) is 5.69 Å². The number of fused-ring (bicyclic) bond motifs is 1. The quantitative estimate of drug-likeness (QED) is 0.155. The van der Waals surface area contributed by atoms with Gasteiger partial charge in [-0.1, -0.05) is 66.2 Å². The lowest BCUT2D eigenvalue weighted by Gasteiger charge is -2.37. The molecule has 0 unspecified atom stereocenters. The zero-order valence-electron chi connectivity index (χ0n) is 26.4. The Morgan fingerprint density at radius 2 is 1.87 bits per heavy atom. The van der Waals surface area contributed by atoms with Gasteiger partial charge < -0.3 is 29.7 Å². The standard InChI is InChI=1S/C36H42ClN3O7/c1-3-5-17-29(42)38-23-28(24-13-7-6-8-14-24)46-35(45)30-27-18-19-36(47-27)31(30)33(43)40(21-11-12-22-41)32(36)34(44)39(20-4-2)26-16-10-9-15-25(26)37/h3-4,6-10,13-16,27-28,30-32,41H,1-2,5,11-12,17-23H2,(H,38,42)/t27-,28-,30+,31+,32-,36+/m0/s1. The molecule has 3 amide bonds. The average molecular weight is 664 g/mol. The van der Waals surface area contributed by atoms with E-state index in [1.54, 1.807) is 36.4 Å². The molecular weight excluding hydrogens is 622 g/mol. The predicted octanol–water partition coefficient (Wildman–Crippen LogP) is 4.37. The Balaban J connectivity index is 1.45. The first-order valence-electron chi connectivity index (χ1n) is 16.2. The minimum Gasteiger partial charge on any atom is -0.455 e. The van der Waals surface area contributed by atoms with E-state index >= 15 is 0 Å². The second-order valence-electron chi connectivity index (χ2n) is 12.2. The first-order chi connectivity index (χ1) is 22.8. The number of carbonyl (C=O) groups excluding carboxylic acids is 4. The molecule has 3 fully saturated rings. The van der Waals surface area contributed by atoms with Crippen molar-refractivity contribution in [3.8, 4) is 0 Å². The number of aliphatic hydroxyl groups excluding tert-OH is 1. The molecule has 0 aliphatic carbocycles. The molecule has 250 valence electrons. The Morgan fingerprint density at radius 3 is 2.57 bits per heavy atom. The van der Waals surface area contributed by atoms with Gasteiger partial charge in [-0.25, -0.2) is 0 Å². The van der Waals surface area contributed by atoms with Crippen LogP contribution in [-0.2, 0) is 28.7 Å². The largest absolute Gasteiger partial charge is 0.455 e. The number of carbonyl (C=O) groups is 4. The molecule has 10 nitrogen and oxygen atoms in total. The molecule has 3 aliphatic heterocycles. The van der Waals surface area contributed by atoms with Crippen LogP contribution in [0.3, 0.4) is 0 Å². The number of rotatable bonds is 16. The lowest BCUT2D eigenvalue weighted by Crippen LogP contribution is -2.56. The zero-order chi connectivity index (χ0) is 33.6. The van der Waals surface area contributed by atoms with Crippen molar-refractivity contribution in [1.29, 1.82) is 0 Å². The Hall–Kier alpha value is -3.99. The number of nitrogens with zero attached hydrogens (tertiary/aromatic N) is 2. The number of unbranched alkanes of at least 4 members (excludes halogenated alkanes) is 1. The summed E-state index contributed by atoms with van der Waals surface area (Å²) >= 11 is 6.54. The van der Waals surface area contributed by atoms with Gasteiger partial charge in [0.2, 0.25) is 11.8 Å². The average Bonchev–Trinajstić information content (AvgIpc) is 3.72. The molecule has 3 heterocycles. The van der Waals surface area contributed by atoms with Crippen molar-refractivity contribution in [2.75, 3.05) is 31.1 Å². The SMILES string of the molecule is C=CCCC(=O)NC[C@H](OC(=O)[C@@H]1[C@@H]2CC[C@]3(O2)[C@H](C(=O)N(CC=C)c2ccccc2Cl)N(CCCCO)C(=O)[C@@H]13)c1ccccc1. The highest BCUT2D eigenvalue weighted by atomic mass is 35.5. The third-order valence-corrected chi connectivity index (χ3v) is 9.64. The van der Waals surface area contributed by atoms with Crippen LogP contribution in [0.2, 0.25) is 5.02 Å². The smallest absolute Gasteiger partial charge is 0.313 e. The number of anilines is 1. The van der Waals surface area contributed by atoms with Gasteiger partial charge in [0.05, 0.1) is 35.2 Å². The molecule has 5 rings (SSSR count). The molecule has 2 bridgehead atoms. The normalized spacial score (nSPS) is 24.8. The van der Waals surface area contributed by atoms with Crippen LogP contribution in [0.25, 0.3) is 0 Å². The number of esters is 1. The third kappa shape index (κ3) is 6.86. The topological polar surface area (TPSA) is 125 Å². The lowest BCUT2D eigenvalue weighted by atomic mass is 9.70. The van der Waals surface area contributed by atoms with Gasteiger partial charge >= 0.3 is 5.97 Å². The summed E-state index contributed by atoms with van der Waals surface area (Å²) in [5, 5.41) is 12.7. The van der Waals surface area contributed by atoms with Gasteiger partial charge in [-0.05, 0) is 49.8 Å². The highest BCUT2D eigenvalue weighted by molar-refractivity contribution is 6.34. The van der Waals surface area contributed by atoms with E-state index in [9.17, 15) is 24.3 Å². The molecule has 11 heteroatoms. The molecule has 47 heavy (non-hydrogen) atoms. The van der Waals surface area contributed by atoms with Gasteiger partial charge in [0.25, 0.3) is 5.91 Å². The van der Waals surface area contributed by atoms with Crippen LogP contribution in [0.5, 0.6) is 0 Å². The number of hydrogen-bond acceptors (Lipinski definition) is 7. The highest BCUT2D eigenvalue weighted by Crippen LogP contribution is 2.59. The number of aliphatic hydroxyl groups is 1. The van der Waals surface area contributed by atoms with E-state index in [4.69, 9.17) is 21.1 Å². The van der Waals surface area contributed by atoms with Gasteiger partial charge in [-0.15, -0.1) is 13.2 Å². The molecule has 0 aromatic heterocycles. The Labute approximate surface area is 280 Å². The second-order valence-corrected chi connectivity index (χ2v) is 12.6. The van der Waals surface area contributed by atoms with Crippen LogP contribution < -0.4 is 10.2 Å². The molecular formula is C36H42ClN3O7. The fourth-order valence-corrected chi connectivity index (χ4v) is 7.47. The van der Waals surface area contributed by atoms with E-state index in [1.807, 2.05) is 30.3 Å². The number of para-hydroxylation sites is 1. The van der Waals surface area contributed by atoms with Crippen LogP contribution >= 0.6 is 11.6 Å². The van der Waals surface area contributed by atoms with Gasteiger partial charge in [0.15, 0.2) is 0 Å². The second kappa shape index (κ2) is 15.3. The zero-order valence-corrected chi connectivity index (χ0v) is 27.1. The van der Waals surface area contributed by atoms with Gasteiger partial charge in [-0.2, -0.15) is 0 Å². The van der Waals surface area contributed by atoms with Crippen molar-refractivity contribution < 1.29 is 33.8 Å². The Bertz CT molecular complexity index is 1490. The molecule has 2 aromatic carbocycles. The lowest BCUT2D eigenvalue weighted by molar-refractivity contribution is -0.160. The van der Waals surface area contributed by atoms with Crippen LogP contribution in [0, 0.1) is 11.8 Å². The summed E-state index contributed by atoms with van der Waals surface area (Å²) in [6.45, 7) is 7.83. The number of hydrogen-bond donors (Lipinski definition) is 2. The summed E-state index contributed by atoms with van der Waals surface area (Å²) in [6.07, 6.45) is 4.40. The van der Waals surface area contributed by atoms with E-state index in [0.717, 1.165) is 0 Å². The molecule has 2 N–H and O–H groups in total. The van der Waals surface area contributed by atoms with E-state index in [2.05, 4.69) is 18.5 Å². The Kier molecular flexibility index (Phi) is 11.2. The number of benzene rings is 2. The van der Waals surface area contributed by atoms with Gasteiger partial charge in [0.1, 0.15) is 17.7 Å². The van der Waals surface area contributed by atoms with Gasteiger partial charge in [0, 0.05) is 26.1 Å². The number of halogens is 1. The first kappa shape index (κ1) is 34.3. The van der Waals surface area contributed by atoms with Crippen molar-refractivity contribution in [2.24, 2.45) is 11.8 Å². The summed E-state index contributed by atoms with van der Waals surface area (Å²) < 4.78 is 12.7. The Morgan fingerprint density at radius 1 is 1.13 bits per heavy atom. The summed E-state index contributed by atoms with van der Waals surface area (Å²) in [5.74, 6) is -3.41. The van der Waals surface area contributed by atoms with E-state index < -0.39 is 41.7 Å². The van der Waals surface area contributed by atoms with Crippen LogP contribution in [-0.4, -0.2) is 77.7 Å². The van der Waals surface area contributed by atoms with E-state index in [1.165, 1.54) is 9.80 Å². The van der Waals surface area contributed by atoms with Crippen molar-refractivity contribution in [3.05, 3.63) is 90.5 Å². The maximum atomic E-state index is 14.6. The number of nitrogens with one attached hydrogen (secondary N) is 1. The number of amides is 3. The molecule has 0 radical (unpaired) electrons. The summed E-state index contributed by atoms with van der Waals surface area (Å²) in [5.41, 5.74) is -0.0743. The van der Waals surface area contributed by atoms with Gasteiger partial charge in [-0.3, -0.25) is 19.2 Å². The number of allylic oxidation sites excluding steroid dienone is 1. The van der Waals surface area contributed by atoms with Crippen molar-refractivity contribution in [2.45, 2.75) is 62.4 Å². The van der Waals surface area contributed by atoms with Crippen molar-refractivity contribution in [3.63, 3.8) is 0 Å². The first-order valence-corrected chi connectivity index (χ1v) is 16.5. The van der Waals surface area contributed by atoms with Crippen molar-refractivity contribution >= 4 is 41.0 Å². The predicted molar refractivity (Wildman–Crippen MR) is 177 cm³/mol. The monoisotopic (exact) mass is 663 g/mol. The molecule has 3 aliphatic rings. The number of ether oxygens (including phenoxy) is 2. The van der Waals surface area contributed by atoms with Crippen LogP contribution in [0.1, 0.15) is 50.2 Å². The fraction of sp³-hybridized carbons (Fsp3) is 0.444. The maximum Gasteiger partial charge on any atom is 0.313 e. The molecule has 3 saturated heterocycles. The summed E-state index contributed by atoms with van der Waals surface area (Å²) in [7, 11) is 0. The van der Waals surface area contributed by atoms with Crippen LogP contribution in [0.15, 0.2) is 79.9 Å². The molecule has 0 saturated carbocycles. The van der Waals surface area contributed by atoms with E-state index in [-0.39, 0.29) is 50.4 Å². The minimum absolute atomic E-state index is 0.0521. The highest BCUT2D eigenvalue weighted by Gasteiger charge is 2.75. The third-order valence-electron chi connectivity index (χ3n) is 9.32. The molecule has 6 atom stereocenters.